The Balaban J connectivity index is 1.96. The van der Waals surface area contributed by atoms with Crippen molar-refractivity contribution < 1.29 is 9.47 Å². The molecule has 0 radical (unpaired) electrons. The maximum atomic E-state index is 5.96. The first kappa shape index (κ1) is 23.4. The SMILES string of the molecule is CCNC(=NCc1ccccc1OCCN(C)C)NCC(C)(C)N1CCOCC1. The average Bonchev–Trinajstić information content (AvgIpc) is 2.71. The fourth-order valence-corrected chi connectivity index (χ4v) is 3.20. The molecule has 1 aliphatic rings. The van der Waals surface area contributed by atoms with Crippen molar-refractivity contribution in [3.63, 3.8) is 0 Å². The Bertz CT molecular complexity index is 627. The molecule has 1 aliphatic heterocycles. The van der Waals surface area contributed by atoms with Crippen LogP contribution in [0.5, 0.6) is 5.75 Å². The first-order chi connectivity index (χ1) is 13.9. The summed E-state index contributed by atoms with van der Waals surface area (Å²) >= 11 is 0. The summed E-state index contributed by atoms with van der Waals surface area (Å²) in [6.45, 7) is 14.0. The summed E-state index contributed by atoms with van der Waals surface area (Å²) in [5.41, 5.74) is 1.13. The normalized spacial score (nSPS) is 16.1. The van der Waals surface area contributed by atoms with Crippen molar-refractivity contribution in [3.8, 4) is 5.75 Å². The second kappa shape index (κ2) is 12.0. The van der Waals surface area contributed by atoms with Gasteiger partial charge in [-0.15, -0.1) is 0 Å². The molecule has 0 amide bonds. The molecule has 1 aromatic rings. The average molecular weight is 406 g/mol. The molecular weight excluding hydrogens is 366 g/mol. The van der Waals surface area contributed by atoms with E-state index in [4.69, 9.17) is 14.5 Å². The van der Waals surface area contributed by atoms with Crippen LogP contribution in [0.15, 0.2) is 29.3 Å². The molecule has 0 aliphatic carbocycles. The molecule has 0 saturated carbocycles. The lowest BCUT2D eigenvalue weighted by Gasteiger charge is -2.41. The summed E-state index contributed by atoms with van der Waals surface area (Å²) in [6, 6.07) is 8.14. The van der Waals surface area contributed by atoms with E-state index in [0.29, 0.717) is 13.2 Å². The molecule has 1 saturated heterocycles. The Morgan fingerprint density at radius 1 is 1.21 bits per heavy atom. The molecule has 7 heteroatoms. The Hall–Kier alpha value is -1.83. The topological polar surface area (TPSA) is 61.4 Å². The van der Waals surface area contributed by atoms with E-state index in [-0.39, 0.29) is 5.54 Å². The number of ether oxygens (including phenoxy) is 2. The lowest BCUT2D eigenvalue weighted by atomic mass is 10.0. The summed E-state index contributed by atoms with van der Waals surface area (Å²) in [5.74, 6) is 1.74. The first-order valence-corrected chi connectivity index (χ1v) is 10.6. The summed E-state index contributed by atoms with van der Waals surface area (Å²) in [6.07, 6.45) is 0. The molecule has 1 aromatic carbocycles. The third-order valence-electron chi connectivity index (χ3n) is 5.08. The van der Waals surface area contributed by atoms with Crippen LogP contribution in [0.25, 0.3) is 0 Å². The zero-order chi connectivity index (χ0) is 21.1. The van der Waals surface area contributed by atoms with E-state index in [0.717, 1.165) is 63.2 Å². The van der Waals surface area contributed by atoms with Crippen molar-refractivity contribution in [2.75, 3.05) is 66.6 Å². The van der Waals surface area contributed by atoms with Crippen molar-refractivity contribution >= 4 is 5.96 Å². The van der Waals surface area contributed by atoms with Gasteiger partial charge >= 0.3 is 0 Å². The van der Waals surface area contributed by atoms with Crippen LogP contribution < -0.4 is 15.4 Å². The van der Waals surface area contributed by atoms with Gasteiger partial charge in [-0.25, -0.2) is 4.99 Å². The molecule has 0 aromatic heterocycles. The smallest absolute Gasteiger partial charge is 0.191 e. The van der Waals surface area contributed by atoms with E-state index in [9.17, 15) is 0 Å². The number of rotatable bonds is 10. The third kappa shape index (κ3) is 8.20. The molecule has 1 heterocycles. The minimum atomic E-state index is 0.0349. The van der Waals surface area contributed by atoms with Gasteiger partial charge in [-0.1, -0.05) is 18.2 Å². The Kier molecular flexibility index (Phi) is 9.70. The van der Waals surface area contributed by atoms with E-state index < -0.39 is 0 Å². The molecule has 164 valence electrons. The summed E-state index contributed by atoms with van der Waals surface area (Å²) in [4.78, 5) is 9.38. The van der Waals surface area contributed by atoms with Crippen LogP contribution in [0, 0.1) is 0 Å². The first-order valence-electron chi connectivity index (χ1n) is 10.6. The highest BCUT2D eigenvalue weighted by molar-refractivity contribution is 5.79. The van der Waals surface area contributed by atoms with Crippen LogP contribution in [0.4, 0.5) is 0 Å². The molecular formula is C22H39N5O2. The number of morpholine rings is 1. The number of aliphatic imine (C=N–C) groups is 1. The number of benzene rings is 1. The predicted molar refractivity (Wildman–Crippen MR) is 120 cm³/mol. The summed E-state index contributed by atoms with van der Waals surface area (Å²) in [5, 5.41) is 6.87. The van der Waals surface area contributed by atoms with Crippen molar-refractivity contribution in [1.29, 1.82) is 0 Å². The van der Waals surface area contributed by atoms with Crippen LogP contribution in [-0.2, 0) is 11.3 Å². The number of para-hydroxylation sites is 1. The van der Waals surface area contributed by atoms with Gasteiger partial charge in [-0.3, -0.25) is 4.90 Å². The van der Waals surface area contributed by atoms with E-state index in [1.54, 1.807) is 0 Å². The Morgan fingerprint density at radius 3 is 2.62 bits per heavy atom. The number of hydrogen-bond acceptors (Lipinski definition) is 5. The van der Waals surface area contributed by atoms with Crippen LogP contribution in [0.2, 0.25) is 0 Å². The van der Waals surface area contributed by atoms with E-state index >= 15 is 0 Å². The fourth-order valence-electron chi connectivity index (χ4n) is 3.20. The number of likely N-dealkylation sites (N-methyl/N-ethyl adjacent to an activating group) is 1. The summed E-state index contributed by atoms with van der Waals surface area (Å²) < 4.78 is 11.4. The van der Waals surface area contributed by atoms with E-state index in [2.05, 4.69) is 47.3 Å². The minimum Gasteiger partial charge on any atom is -0.492 e. The molecule has 1 fully saturated rings. The van der Waals surface area contributed by atoms with Crippen molar-refractivity contribution in [2.24, 2.45) is 4.99 Å². The van der Waals surface area contributed by atoms with Gasteiger partial charge in [0.05, 0.1) is 19.8 Å². The maximum Gasteiger partial charge on any atom is 0.191 e. The molecule has 2 rings (SSSR count). The van der Waals surface area contributed by atoms with Gasteiger partial charge in [0, 0.05) is 43.8 Å². The minimum absolute atomic E-state index is 0.0349. The van der Waals surface area contributed by atoms with Crippen LogP contribution in [-0.4, -0.2) is 87.9 Å². The molecule has 0 bridgehead atoms. The van der Waals surface area contributed by atoms with Gasteiger partial charge in [0.15, 0.2) is 5.96 Å². The number of nitrogens with zero attached hydrogens (tertiary/aromatic N) is 3. The second-order valence-electron chi connectivity index (χ2n) is 8.22. The van der Waals surface area contributed by atoms with Gasteiger partial charge in [0.1, 0.15) is 12.4 Å². The molecule has 29 heavy (non-hydrogen) atoms. The molecule has 7 nitrogen and oxygen atoms in total. The number of nitrogens with one attached hydrogen (secondary N) is 2. The number of guanidine groups is 1. The van der Waals surface area contributed by atoms with Gasteiger partial charge < -0.3 is 25.0 Å². The zero-order valence-electron chi connectivity index (χ0n) is 18.8. The lowest BCUT2D eigenvalue weighted by Crippen LogP contribution is -2.56. The van der Waals surface area contributed by atoms with Gasteiger partial charge in [-0.05, 0) is 40.9 Å². The summed E-state index contributed by atoms with van der Waals surface area (Å²) in [7, 11) is 4.10. The van der Waals surface area contributed by atoms with Crippen molar-refractivity contribution in [1.82, 2.24) is 20.4 Å². The monoisotopic (exact) mass is 405 g/mol. The molecule has 2 N–H and O–H groups in total. The van der Waals surface area contributed by atoms with Gasteiger partial charge in [-0.2, -0.15) is 0 Å². The Morgan fingerprint density at radius 2 is 1.93 bits per heavy atom. The predicted octanol–water partition coefficient (Wildman–Crippen LogP) is 1.79. The highest BCUT2D eigenvalue weighted by atomic mass is 16.5. The van der Waals surface area contributed by atoms with Crippen LogP contribution in [0.3, 0.4) is 0 Å². The molecule has 0 atom stereocenters. The van der Waals surface area contributed by atoms with Crippen molar-refractivity contribution in [2.45, 2.75) is 32.9 Å². The zero-order valence-corrected chi connectivity index (χ0v) is 18.8. The number of hydrogen-bond donors (Lipinski definition) is 2. The highest BCUT2D eigenvalue weighted by Crippen LogP contribution is 2.19. The largest absolute Gasteiger partial charge is 0.492 e. The van der Waals surface area contributed by atoms with Crippen molar-refractivity contribution in [3.05, 3.63) is 29.8 Å². The Labute approximate surface area is 176 Å². The fraction of sp³-hybridized carbons (Fsp3) is 0.682. The van der Waals surface area contributed by atoms with Gasteiger partial charge in [0.25, 0.3) is 0 Å². The quantitative estimate of drug-likeness (QED) is 0.457. The van der Waals surface area contributed by atoms with E-state index in [1.807, 2.05) is 32.3 Å². The highest BCUT2D eigenvalue weighted by Gasteiger charge is 2.28. The third-order valence-corrected chi connectivity index (χ3v) is 5.08. The lowest BCUT2D eigenvalue weighted by molar-refractivity contribution is -0.00834. The van der Waals surface area contributed by atoms with Gasteiger partial charge in [0.2, 0.25) is 0 Å². The van der Waals surface area contributed by atoms with Crippen LogP contribution >= 0.6 is 0 Å². The standard InChI is InChI=1S/C22H39N5O2/c1-6-23-21(25-18-22(2,3)27-12-14-28-15-13-27)24-17-19-9-7-8-10-20(19)29-16-11-26(4)5/h7-10H,6,11-18H2,1-5H3,(H2,23,24,25). The molecule has 0 unspecified atom stereocenters. The second-order valence-corrected chi connectivity index (χ2v) is 8.22. The maximum absolute atomic E-state index is 5.96. The van der Waals surface area contributed by atoms with Crippen LogP contribution in [0.1, 0.15) is 26.3 Å². The molecule has 0 spiro atoms. The van der Waals surface area contributed by atoms with E-state index in [1.165, 1.54) is 0 Å².